The smallest absolute Gasteiger partial charge is 0.126 e. The molecule has 100 valence electrons. The standard InChI is InChI=1S/C18H16O2/c1-3-8-15(9-4-1)19-17-12-7-13-18(14-17)20-16-10-5-2-6-11-16/h1-13,17H,14H2. The first-order valence-electron chi connectivity index (χ1n) is 6.72. The van der Waals surface area contributed by atoms with Gasteiger partial charge < -0.3 is 9.47 Å². The largest absolute Gasteiger partial charge is 0.486 e. The summed E-state index contributed by atoms with van der Waals surface area (Å²) in [5.74, 6) is 2.65. The molecule has 2 aromatic carbocycles. The number of hydrogen-bond donors (Lipinski definition) is 0. The number of ether oxygens (including phenoxy) is 2. The monoisotopic (exact) mass is 264 g/mol. The van der Waals surface area contributed by atoms with E-state index in [9.17, 15) is 0 Å². The van der Waals surface area contributed by atoms with Crippen molar-refractivity contribution in [3.63, 3.8) is 0 Å². The molecular formula is C18H16O2. The average Bonchev–Trinajstić information content (AvgIpc) is 2.50. The first-order valence-corrected chi connectivity index (χ1v) is 6.72. The van der Waals surface area contributed by atoms with Crippen LogP contribution in [0.3, 0.4) is 0 Å². The van der Waals surface area contributed by atoms with Gasteiger partial charge in [-0.15, -0.1) is 0 Å². The van der Waals surface area contributed by atoms with Crippen LogP contribution in [0.15, 0.2) is 84.7 Å². The maximum absolute atomic E-state index is 5.92. The normalized spacial score (nSPS) is 17.4. The summed E-state index contributed by atoms with van der Waals surface area (Å²) in [6.07, 6.45) is 6.76. The Morgan fingerprint density at radius 2 is 1.45 bits per heavy atom. The van der Waals surface area contributed by atoms with Crippen molar-refractivity contribution < 1.29 is 9.47 Å². The first kappa shape index (κ1) is 12.5. The summed E-state index contributed by atoms with van der Waals surface area (Å²) in [7, 11) is 0. The number of benzene rings is 2. The predicted molar refractivity (Wildman–Crippen MR) is 79.8 cm³/mol. The molecule has 1 aliphatic carbocycles. The Hall–Kier alpha value is -2.48. The van der Waals surface area contributed by atoms with Crippen molar-refractivity contribution in [2.75, 3.05) is 0 Å². The van der Waals surface area contributed by atoms with Crippen molar-refractivity contribution in [1.29, 1.82) is 0 Å². The van der Waals surface area contributed by atoms with Crippen molar-refractivity contribution in [1.82, 2.24) is 0 Å². The van der Waals surface area contributed by atoms with Gasteiger partial charge in [0, 0.05) is 6.42 Å². The zero-order valence-corrected chi connectivity index (χ0v) is 11.1. The maximum Gasteiger partial charge on any atom is 0.126 e. The SMILES string of the molecule is C1=CC(Oc2ccccc2)CC(Oc2ccccc2)=C1. The molecule has 2 nitrogen and oxygen atoms in total. The molecule has 0 aliphatic heterocycles. The summed E-state index contributed by atoms with van der Waals surface area (Å²) in [6.45, 7) is 0. The van der Waals surface area contributed by atoms with Crippen LogP contribution in [-0.4, -0.2) is 6.10 Å². The molecule has 0 fully saturated rings. The highest BCUT2D eigenvalue weighted by Crippen LogP contribution is 2.22. The average molecular weight is 264 g/mol. The molecule has 1 unspecified atom stereocenters. The third-order valence-corrected chi connectivity index (χ3v) is 3.03. The second-order valence-corrected chi connectivity index (χ2v) is 4.61. The van der Waals surface area contributed by atoms with Gasteiger partial charge in [0.2, 0.25) is 0 Å². The zero-order chi connectivity index (χ0) is 13.6. The molecule has 2 aromatic rings. The summed E-state index contributed by atoms with van der Waals surface area (Å²) < 4.78 is 11.8. The van der Waals surface area contributed by atoms with E-state index in [2.05, 4.69) is 0 Å². The van der Waals surface area contributed by atoms with E-state index in [-0.39, 0.29) is 6.10 Å². The van der Waals surface area contributed by atoms with E-state index in [1.807, 2.05) is 78.9 Å². The van der Waals surface area contributed by atoms with E-state index in [1.54, 1.807) is 0 Å². The number of para-hydroxylation sites is 2. The molecule has 1 atom stereocenters. The van der Waals surface area contributed by atoms with Crippen molar-refractivity contribution in [3.05, 3.63) is 84.7 Å². The molecule has 0 bridgehead atoms. The Labute approximate surface area is 119 Å². The molecule has 0 aromatic heterocycles. The van der Waals surface area contributed by atoms with Crippen LogP contribution >= 0.6 is 0 Å². The molecule has 0 saturated carbocycles. The highest BCUT2D eigenvalue weighted by molar-refractivity contribution is 5.28. The lowest BCUT2D eigenvalue weighted by Crippen LogP contribution is -2.18. The Bertz CT molecular complexity index is 600. The summed E-state index contributed by atoms with van der Waals surface area (Å²) in [6, 6.07) is 19.7. The fourth-order valence-electron chi connectivity index (χ4n) is 2.09. The first-order chi connectivity index (χ1) is 9.90. The second kappa shape index (κ2) is 6.11. The fourth-order valence-corrected chi connectivity index (χ4v) is 2.09. The Morgan fingerprint density at radius 1 is 0.800 bits per heavy atom. The van der Waals surface area contributed by atoms with Crippen molar-refractivity contribution in [2.45, 2.75) is 12.5 Å². The minimum atomic E-state index is 0.0149. The van der Waals surface area contributed by atoms with Gasteiger partial charge in [0.25, 0.3) is 0 Å². The maximum atomic E-state index is 5.92. The predicted octanol–water partition coefficient (Wildman–Crippen LogP) is 4.36. The molecule has 2 heteroatoms. The lowest BCUT2D eigenvalue weighted by atomic mass is 10.1. The molecule has 0 spiro atoms. The fraction of sp³-hybridized carbons (Fsp3) is 0.111. The van der Waals surface area contributed by atoms with Gasteiger partial charge >= 0.3 is 0 Å². The van der Waals surface area contributed by atoms with Gasteiger partial charge in [0.05, 0.1) is 0 Å². The van der Waals surface area contributed by atoms with E-state index in [1.165, 1.54) is 0 Å². The highest BCUT2D eigenvalue weighted by atomic mass is 16.5. The Kier molecular flexibility index (Phi) is 3.83. The van der Waals surface area contributed by atoms with E-state index >= 15 is 0 Å². The van der Waals surface area contributed by atoms with Crippen LogP contribution in [0.1, 0.15) is 6.42 Å². The van der Waals surface area contributed by atoms with Crippen LogP contribution in [0.5, 0.6) is 11.5 Å². The third kappa shape index (κ3) is 3.29. The van der Waals surface area contributed by atoms with Gasteiger partial charge in [-0.25, -0.2) is 0 Å². The van der Waals surface area contributed by atoms with Gasteiger partial charge in [-0.05, 0) is 36.4 Å². The van der Waals surface area contributed by atoms with Crippen molar-refractivity contribution in [3.8, 4) is 11.5 Å². The molecule has 0 radical (unpaired) electrons. The summed E-state index contributed by atoms with van der Waals surface area (Å²) >= 11 is 0. The molecule has 3 rings (SSSR count). The molecule has 0 amide bonds. The quantitative estimate of drug-likeness (QED) is 0.817. The van der Waals surface area contributed by atoms with Gasteiger partial charge in [-0.3, -0.25) is 0 Å². The molecule has 0 N–H and O–H groups in total. The summed E-state index contributed by atoms with van der Waals surface area (Å²) in [5.41, 5.74) is 0. The van der Waals surface area contributed by atoms with Gasteiger partial charge in [0.1, 0.15) is 23.4 Å². The van der Waals surface area contributed by atoms with Crippen LogP contribution in [0.4, 0.5) is 0 Å². The highest BCUT2D eigenvalue weighted by Gasteiger charge is 2.14. The van der Waals surface area contributed by atoms with Crippen molar-refractivity contribution in [2.24, 2.45) is 0 Å². The topological polar surface area (TPSA) is 18.5 Å². The number of allylic oxidation sites excluding steroid dienone is 2. The molecule has 0 saturated heterocycles. The van der Waals surface area contributed by atoms with Crippen LogP contribution in [-0.2, 0) is 0 Å². The molecule has 1 aliphatic rings. The molecular weight excluding hydrogens is 248 g/mol. The summed E-state index contributed by atoms with van der Waals surface area (Å²) in [4.78, 5) is 0. The minimum absolute atomic E-state index is 0.0149. The number of rotatable bonds is 4. The third-order valence-electron chi connectivity index (χ3n) is 3.03. The zero-order valence-electron chi connectivity index (χ0n) is 11.1. The van der Waals surface area contributed by atoms with E-state index in [0.29, 0.717) is 0 Å². The second-order valence-electron chi connectivity index (χ2n) is 4.61. The van der Waals surface area contributed by atoms with Crippen LogP contribution < -0.4 is 9.47 Å². The minimum Gasteiger partial charge on any atom is -0.486 e. The number of hydrogen-bond acceptors (Lipinski definition) is 2. The van der Waals surface area contributed by atoms with E-state index in [0.717, 1.165) is 23.7 Å². The van der Waals surface area contributed by atoms with E-state index < -0.39 is 0 Å². The van der Waals surface area contributed by atoms with Crippen LogP contribution in [0.2, 0.25) is 0 Å². The Morgan fingerprint density at radius 3 is 2.15 bits per heavy atom. The van der Waals surface area contributed by atoms with Gasteiger partial charge in [-0.1, -0.05) is 42.5 Å². The molecule has 20 heavy (non-hydrogen) atoms. The van der Waals surface area contributed by atoms with Gasteiger partial charge in [-0.2, -0.15) is 0 Å². The summed E-state index contributed by atoms with van der Waals surface area (Å²) in [5, 5.41) is 0. The molecule has 0 heterocycles. The van der Waals surface area contributed by atoms with Crippen molar-refractivity contribution >= 4 is 0 Å². The van der Waals surface area contributed by atoms with E-state index in [4.69, 9.17) is 9.47 Å². The lowest BCUT2D eigenvalue weighted by Gasteiger charge is -2.20. The van der Waals surface area contributed by atoms with Crippen LogP contribution in [0, 0.1) is 0 Å². The van der Waals surface area contributed by atoms with Crippen LogP contribution in [0.25, 0.3) is 0 Å². The Balaban J connectivity index is 1.62. The lowest BCUT2D eigenvalue weighted by molar-refractivity contribution is 0.226. The van der Waals surface area contributed by atoms with Gasteiger partial charge in [0.15, 0.2) is 0 Å².